The molecule has 0 atom stereocenters. The molecule has 0 spiro atoms. The van der Waals surface area contributed by atoms with Crippen LogP contribution >= 0.6 is 0 Å². The van der Waals surface area contributed by atoms with Gasteiger partial charge in [0, 0.05) is 18.5 Å². The van der Waals surface area contributed by atoms with Crippen molar-refractivity contribution in [3.8, 4) is 17.2 Å². The number of carbonyl (C=O) groups is 1. The van der Waals surface area contributed by atoms with Crippen LogP contribution in [0.3, 0.4) is 0 Å². The van der Waals surface area contributed by atoms with Gasteiger partial charge in [0.05, 0.1) is 18.8 Å². The van der Waals surface area contributed by atoms with Crippen molar-refractivity contribution < 1.29 is 19.1 Å². The second-order valence-corrected chi connectivity index (χ2v) is 6.13. The summed E-state index contributed by atoms with van der Waals surface area (Å²) in [7, 11) is 0. The van der Waals surface area contributed by atoms with Crippen molar-refractivity contribution in [2.45, 2.75) is 27.3 Å². The number of oxazole rings is 1. The molecule has 0 aliphatic rings. The first kappa shape index (κ1) is 21.2. The number of ether oxygens (including phenoxy) is 1. The van der Waals surface area contributed by atoms with Crippen molar-refractivity contribution in [3.05, 3.63) is 71.6 Å². The molecule has 28 heavy (non-hydrogen) atoms. The van der Waals surface area contributed by atoms with Crippen LogP contribution in [0.15, 0.2) is 59.0 Å². The predicted octanol–water partition coefficient (Wildman–Crippen LogP) is 4.08. The van der Waals surface area contributed by atoms with E-state index in [0.717, 1.165) is 28.3 Å². The summed E-state index contributed by atoms with van der Waals surface area (Å²) in [4.78, 5) is 15.1. The van der Waals surface area contributed by atoms with E-state index in [2.05, 4.69) is 10.3 Å². The van der Waals surface area contributed by atoms with Crippen LogP contribution in [0.1, 0.15) is 24.4 Å². The van der Waals surface area contributed by atoms with Crippen LogP contribution in [0.4, 0.5) is 0 Å². The summed E-state index contributed by atoms with van der Waals surface area (Å²) in [6.45, 7) is 2.86. The van der Waals surface area contributed by atoms with E-state index in [1.54, 1.807) is 0 Å². The summed E-state index contributed by atoms with van der Waals surface area (Å²) in [5.41, 5.74) is 2.85. The van der Waals surface area contributed by atoms with Gasteiger partial charge in [-0.25, -0.2) is 4.98 Å². The largest absolute Gasteiger partial charge is 0.493 e. The molecule has 0 aliphatic heterocycles. The normalized spacial score (nSPS) is 10.3. The van der Waals surface area contributed by atoms with Crippen molar-refractivity contribution >= 4 is 5.97 Å². The fraction of sp³-hybridized carbons (Fsp3) is 0.273. The van der Waals surface area contributed by atoms with Gasteiger partial charge >= 0.3 is 5.97 Å². The molecule has 1 aromatic heterocycles. The molecule has 0 saturated carbocycles. The van der Waals surface area contributed by atoms with Gasteiger partial charge in [0.25, 0.3) is 0 Å². The lowest BCUT2D eigenvalue weighted by Gasteiger charge is -2.07. The number of carboxylic acid groups (broad SMARTS) is 1. The molecule has 0 fully saturated rings. The summed E-state index contributed by atoms with van der Waals surface area (Å²) in [5.74, 6) is 1.33. The van der Waals surface area contributed by atoms with Crippen LogP contribution in [-0.2, 0) is 17.8 Å². The molecular formula is C22H26N2O4. The Hall–Kier alpha value is -3.12. The summed E-state index contributed by atoms with van der Waals surface area (Å²) < 4.78 is 11.5. The first-order valence-corrected chi connectivity index (χ1v) is 8.78. The van der Waals surface area contributed by atoms with E-state index < -0.39 is 5.97 Å². The lowest BCUT2D eigenvalue weighted by molar-refractivity contribution is -0.135. The number of aromatic nitrogens is 1. The van der Waals surface area contributed by atoms with Gasteiger partial charge in [-0.1, -0.05) is 37.8 Å². The fourth-order valence-electron chi connectivity index (χ4n) is 2.65. The molecule has 3 aromatic rings. The number of nitrogens with one attached hydrogen (secondary N) is 1. The Balaban J connectivity index is 0.00000280. The molecule has 2 aromatic carbocycles. The topological polar surface area (TPSA) is 84.6 Å². The first-order valence-electron chi connectivity index (χ1n) is 8.78. The Morgan fingerprint density at radius 3 is 2.54 bits per heavy atom. The van der Waals surface area contributed by atoms with Crippen LogP contribution in [0.25, 0.3) is 11.5 Å². The summed E-state index contributed by atoms with van der Waals surface area (Å²) in [6.07, 6.45) is 0.657. The maximum absolute atomic E-state index is 10.5. The van der Waals surface area contributed by atoms with Crippen molar-refractivity contribution in [1.29, 1.82) is 0 Å². The van der Waals surface area contributed by atoms with Gasteiger partial charge in [-0.15, -0.1) is 0 Å². The van der Waals surface area contributed by atoms with Gasteiger partial charge in [-0.3, -0.25) is 4.79 Å². The third-order valence-electron chi connectivity index (χ3n) is 4.05. The molecule has 0 aliphatic carbocycles. The number of aryl methyl sites for hydroxylation is 1. The zero-order valence-corrected chi connectivity index (χ0v) is 15.1. The first-order chi connectivity index (χ1) is 13.1. The maximum Gasteiger partial charge on any atom is 0.317 e. The van der Waals surface area contributed by atoms with Gasteiger partial charge in [-0.2, -0.15) is 0 Å². The Bertz CT molecular complexity index is 873. The van der Waals surface area contributed by atoms with Crippen LogP contribution < -0.4 is 10.1 Å². The highest BCUT2D eigenvalue weighted by Gasteiger charge is 2.11. The molecule has 3 rings (SSSR count). The molecule has 2 N–H and O–H groups in total. The number of nitrogens with zero attached hydrogens (tertiary/aromatic N) is 1. The van der Waals surface area contributed by atoms with Crippen molar-refractivity contribution in [3.63, 3.8) is 0 Å². The average molecular weight is 382 g/mol. The Morgan fingerprint density at radius 1 is 1.14 bits per heavy atom. The smallest absolute Gasteiger partial charge is 0.317 e. The van der Waals surface area contributed by atoms with Crippen molar-refractivity contribution in [2.24, 2.45) is 0 Å². The quantitative estimate of drug-likeness (QED) is 0.580. The SMILES string of the molecule is C.Cc1oc(-c2ccccc2)nc1CCOc1ccc(CNCC(=O)O)cc1. The van der Waals surface area contributed by atoms with Gasteiger partial charge < -0.3 is 19.6 Å². The number of aliphatic carboxylic acids is 1. The molecule has 0 saturated heterocycles. The highest BCUT2D eigenvalue weighted by atomic mass is 16.5. The number of rotatable bonds is 9. The standard InChI is InChI=1S/C21H22N2O4.CH4/c1-15-19(23-21(27-15)17-5-3-2-4-6-17)11-12-26-18-9-7-16(8-10-18)13-22-14-20(24)25;/h2-10,22H,11-14H2,1H3,(H,24,25);1H4. The third-order valence-corrected chi connectivity index (χ3v) is 4.05. The molecule has 6 heteroatoms. The van der Waals surface area contributed by atoms with Crippen LogP contribution in [-0.4, -0.2) is 29.2 Å². The van der Waals surface area contributed by atoms with E-state index >= 15 is 0 Å². The van der Waals surface area contributed by atoms with Crippen LogP contribution in [0.2, 0.25) is 0 Å². The predicted molar refractivity (Wildman–Crippen MR) is 108 cm³/mol. The average Bonchev–Trinajstić information content (AvgIpc) is 3.04. The number of hydrogen-bond acceptors (Lipinski definition) is 5. The van der Waals surface area contributed by atoms with E-state index in [0.29, 0.717) is 25.5 Å². The van der Waals surface area contributed by atoms with E-state index in [9.17, 15) is 4.79 Å². The zero-order chi connectivity index (χ0) is 19.1. The Morgan fingerprint density at radius 2 is 1.86 bits per heavy atom. The van der Waals surface area contributed by atoms with Crippen LogP contribution in [0, 0.1) is 6.92 Å². The Labute approximate surface area is 165 Å². The lowest BCUT2D eigenvalue weighted by atomic mass is 10.2. The molecule has 1 heterocycles. The van der Waals surface area contributed by atoms with E-state index in [4.69, 9.17) is 14.3 Å². The molecule has 6 nitrogen and oxygen atoms in total. The molecular weight excluding hydrogens is 356 g/mol. The highest BCUT2D eigenvalue weighted by Crippen LogP contribution is 2.22. The van der Waals surface area contributed by atoms with Crippen LogP contribution in [0.5, 0.6) is 5.75 Å². The number of carboxylic acids is 1. The molecule has 0 unspecified atom stereocenters. The fourth-order valence-corrected chi connectivity index (χ4v) is 2.65. The summed E-state index contributed by atoms with van der Waals surface area (Å²) in [6, 6.07) is 17.4. The maximum atomic E-state index is 10.5. The van der Waals surface area contributed by atoms with Gasteiger partial charge in [0.1, 0.15) is 11.5 Å². The molecule has 148 valence electrons. The second-order valence-electron chi connectivity index (χ2n) is 6.13. The van der Waals surface area contributed by atoms with Gasteiger partial charge in [0.2, 0.25) is 5.89 Å². The minimum atomic E-state index is -0.867. The van der Waals surface area contributed by atoms with Crippen molar-refractivity contribution in [1.82, 2.24) is 10.3 Å². The summed E-state index contributed by atoms with van der Waals surface area (Å²) >= 11 is 0. The molecule has 0 amide bonds. The van der Waals surface area contributed by atoms with E-state index in [1.807, 2.05) is 61.5 Å². The monoisotopic (exact) mass is 382 g/mol. The number of benzene rings is 2. The van der Waals surface area contributed by atoms with Gasteiger partial charge in [0.15, 0.2) is 0 Å². The second kappa shape index (κ2) is 10.3. The van der Waals surface area contributed by atoms with E-state index in [1.165, 1.54) is 0 Å². The Kier molecular flexibility index (Phi) is 7.77. The minimum absolute atomic E-state index is 0. The number of hydrogen-bond donors (Lipinski definition) is 2. The summed E-state index contributed by atoms with van der Waals surface area (Å²) in [5, 5.41) is 11.5. The molecule has 0 radical (unpaired) electrons. The minimum Gasteiger partial charge on any atom is -0.493 e. The zero-order valence-electron chi connectivity index (χ0n) is 15.1. The molecule has 0 bridgehead atoms. The van der Waals surface area contributed by atoms with E-state index in [-0.39, 0.29) is 14.0 Å². The highest BCUT2D eigenvalue weighted by molar-refractivity contribution is 5.69. The van der Waals surface area contributed by atoms with Crippen molar-refractivity contribution in [2.75, 3.05) is 13.2 Å². The lowest BCUT2D eigenvalue weighted by Crippen LogP contribution is -2.21. The van der Waals surface area contributed by atoms with Gasteiger partial charge in [-0.05, 0) is 36.8 Å². The third kappa shape index (κ3) is 5.96.